The molecule has 0 aliphatic carbocycles. The van der Waals surface area contributed by atoms with Gasteiger partial charge in [0.1, 0.15) is 0 Å². The molecule has 0 rings (SSSR count). The molecule has 1 unspecified atom stereocenters. The maximum absolute atomic E-state index is 9.62. The summed E-state index contributed by atoms with van der Waals surface area (Å²) in [7, 11) is -2.58. The zero-order chi connectivity index (χ0) is 5.86. The molecule has 0 spiro atoms. The zero-order valence-electron chi connectivity index (χ0n) is 3.63. The van der Waals surface area contributed by atoms with E-state index in [2.05, 4.69) is 6.92 Å². The maximum atomic E-state index is 9.62. The second-order valence-corrected chi connectivity index (χ2v) is 1.77. The highest BCUT2D eigenvalue weighted by molar-refractivity contribution is 7.70. The Morgan fingerprint density at radius 3 is 2.14 bits per heavy atom. The highest BCUT2D eigenvalue weighted by Gasteiger charge is 1.87. The Kier molecular flexibility index (Phi) is 2.89. The van der Waals surface area contributed by atoms with Crippen molar-refractivity contribution in [2.45, 2.75) is 6.17 Å². The second kappa shape index (κ2) is 2.95. The lowest BCUT2D eigenvalue weighted by atomic mass is 10.7. The van der Waals surface area contributed by atoms with Crippen LogP contribution in [0.4, 0.5) is 0 Å². The van der Waals surface area contributed by atoms with Crippen molar-refractivity contribution in [2.24, 2.45) is 5.73 Å². The van der Waals surface area contributed by atoms with Crippen LogP contribution in [0, 0.1) is 6.92 Å². The van der Waals surface area contributed by atoms with Crippen LogP contribution >= 0.6 is 0 Å². The highest BCUT2D eigenvalue weighted by Crippen LogP contribution is 1.59. The summed E-state index contributed by atoms with van der Waals surface area (Å²) >= 11 is 0. The Morgan fingerprint density at radius 1 is 1.71 bits per heavy atom. The standard InChI is InChI=1S/C2H7N2O2S/c1-2(3)4-7(5)6/h2,7H,1,3H2,(H,4,5,6). The van der Waals surface area contributed by atoms with Crippen molar-refractivity contribution in [2.75, 3.05) is 0 Å². The van der Waals surface area contributed by atoms with Gasteiger partial charge in [-0.25, -0.2) is 13.1 Å². The number of hydrogen-bond acceptors (Lipinski definition) is 3. The lowest BCUT2D eigenvalue weighted by molar-refractivity contribution is 0.593. The van der Waals surface area contributed by atoms with Crippen molar-refractivity contribution < 1.29 is 8.42 Å². The summed E-state index contributed by atoms with van der Waals surface area (Å²) < 4.78 is 21.2. The molecule has 3 N–H and O–H groups in total. The Hall–Kier alpha value is -0.130. The Balaban J connectivity index is 3.32. The van der Waals surface area contributed by atoms with Crippen LogP contribution in [0.5, 0.6) is 0 Å². The van der Waals surface area contributed by atoms with E-state index in [0.717, 1.165) is 0 Å². The van der Waals surface area contributed by atoms with E-state index in [9.17, 15) is 8.42 Å². The van der Waals surface area contributed by atoms with Crippen LogP contribution in [0.25, 0.3) is 0 Å². The molecular weight excluding hydrogens is 116 g/mol. The van der Waals surface area contributed by atoms with Crippen molar-refractivity contribution in [1.29, 1.82) is 0 Å². The zero-order valence-corrected chi connectivity index (χ0v) is 4.52. The van der Waals surface area contributed by atoms with Gasteiger partial charge in [-0.1, -0.05) is 0 Å². The average molecular weight is 123 g/mol. The van der Waals surface area contributed by atoms with E-state index >= 15 is 0 Å². The van der Waals surface area contributed by atoms with Crippen LogP contribution in [0.3, 0.4) is 0 Å². The molecule has 43 valence electrons. The molecular formula is C2H7N2O2S. The predicted molar refractivity (Wildman–Crippen MR) is 26.8 cm³/mol. The molecule has 0 heterocycles. The van der Waals surface area contributed by atoms with E-state index in [1.165, 1.54) is 0 Å². The van der Waals surface area contributed by atoms with Gasteiger partial charge in [0.25, 0.3) is 0 Å². The first-order chi connectivity index (χ1) is 3.13. The third-order valence-corrected chi connectivity index (χ3v) is 0.814. The first-order valence-electron chi connectivity index (χ1n) is 1.62. The quantitative estimate of drug-likeness (QED) is 0.300. The minimum atomic E-state index is -2.58. The Morgan fingerprint density at radius 2 is 2.14 bits per heavy atom. The van der Waals surface area contributed by atoms with Crippen molar-refractivity contribution in [1.82, 2.24) is 4.72 Å². The van der Waals surface area contributed by atoms with Crippen LogP contribution in [0.15, 0.2) is 0 Å². The summed E-state index contributed by atoms with van der Waals surface area (Å²) in [5, 5.41) is 0. The van der Waals surface area contributed by atoms with Gasteiger partial charge in [0.2, 0.25) is 10.9 Å². The molecule has 0 aliphatic rings. The Bertz CT molecular complexity index is 100. The van der Waals surface area contributed by atoms with Gasteiger partial charge in [0, 0.05) is 0 Å². The van der Waals surface area contributed by atoms with Crippen LogP contribution in [0.1, 0.15) is 0 Å². The molecule has 0 aromatic rings. The van der Waals surface area contributed by atoms with E-state index in [-0.39, 0.29) is 0 Å². The van der Waals surface area contributed by atoms with Crippen LogP contribution in [-0.2, 0) is 10.9 Å². The maximum Gasteiger partial charge on any atom is 0.202 e. The minimum Gasteiger partial charge on any atom is -0.315 e. The van der Waals surface area contributed by atoms with Gasteiger partial charge in [0.05, 0.1) is 6.17 Å². The monoisotopic (exact) mass is 123 g/mol. The SMILES string of the molecule is [CH2]C(N)N[SH](=O)=O. The van der Waals surface area contributed by atoms with E-state index < -0.39 is 17.1 Å². The number of hydrogen-bond donors (Lipinski definition) is 3. The normalized spacial score (nSPS) is 14.7. The van der Waals surface area contributed by atoms with Crippen molar-refractivity contribution in [3.05, 3.63) is 6.92 Å². The number of rotatable bonds is 2. The van der Waals surface area contributed by atoms with Gasteiger partial charge in [-0.3, -0.25) is 0 Å². The molecule has 0 aromatic heterocycles. The van der Waals surface area contributed by atoms with Crippen molar-refractivity contribution in [3.63, 3.8) is 0 Å². The summed E-state index contributed by atoms with van der Waals surface area (Å²) in [5.41, 5.74) is 4.89. The summed E-state index contributed by atoms with van der Waals surface area (Å²) in [5.74, 6) is 0. The second-order valence-electron chi connectivity index (χ2n) is 0.993. The Labute approximate surface area is 43.8 Å². The third-order valence-electron chi connectivity index (χ3n) is 0.271. The van der Waals surface area contributed by atoms with Crippen LogP contribution in [-0.4, -0.2) is 14.6 Å². The molecule has 0 saturated carbocycles. The van der Waals surface area contributed by atoms with E-state index in [4.69, 9.17) is 5.73 Å². The van der Waals surface area contributed by atoms with Gasteiger partial charge in [0.15, 0.2) is 0 Å². The molecule has 1 atom stereocenters. The summed E-state index contributed by atoms with van der Waals surface area (Å²) in [6.45, 7) is 3.16. The van der Waals surface area contributed by atoms with Crippen molar-refractivity contribution in [3.8, 4) is 0 Å². The molecule has 5 heteroatoms. The summed E-state index contributed by atoms with van der Waals surface area (Å²) in [4.78, 5) is 0. The summed E-state index contributed by atoms with van der Waals surface area (Å²) in [6.07, 6.45) is -0.721. The van der Waals surface area contributed by atoms with Gasteiger partial charge < -0.3 is 5.73 Å². The van der Waals surface area contributed by atoms with Gasteiger partial charge in [-0.05, 0) is 6.92 Å². The highest BCUT2D eigenvalue weighted by atomic mass is 32.2. The smallest absolute Gasteiger partial charge is 0.202 e. The fourth-order valence-corrected chi connectivity index (χ4v) is 0.406. The molecule has 0 bridgehead atoms. The number of nitrogens with one attached hydrogen (secondary N) is 1. The van der Waals surface area contributed by atoms with E-state index in [0.29, 0.717) is 0 Å². The van der Waals surface area contributed by atoms with Crippen LogP contribution in [0.2, 0.25) is 0 Å². The average Bonchev–Trinajstić information content (AvgIpc) is 1.27. The van der Waals surface area contributed by atoms with E-state index in [1.54, 1.807) is 0 Å². The molecule has 1 radical (unpaired) electrons. The summed E-state index contributed by atoms with van der Waals surface area (Å²) in [6, 6.07) is 0. The van der Waals surface area contributed by atoms with Gasteiger partial charge >= 0.3 is 0 Å². The van der Waals surface area contributed by atoms with Crippen molar-refractivity contribution >= 4 is 10.9 Å². The number of nitrogens with two attached hydrogens (primary N) is 1. The van der Waals surface area contributed by atoms with Crippen LogP contribution < -0.4 is 10.5 Å². The number of thiol groups is 1. The largest absolute Gasteiger partial charge is 0.315 e. The van der Waals surface area contributed by atoms with Gasteiger partial charge in [-0.15, -0.1) is 0 Å². The molecule has 7 heavy (non-hydrogen) atoms. The topological polar surface area (TPSA) is 72.2 Å². The molecule has 0 fully saturated rings. The molecule has 4 nitrogen and oxygen atoms in total. The lowest BCUT2D eigenvalue weighted by Crippen LogP contribution is -2.32. The fraction of sp³-hybridized carbons (Fsp3) is 0.500. The molecule has 0 saturated heterocycles. The first-order valence-corrected chi connectivity index (χ1v) is 2.80. The van der Waals surface area contributed by atoms with E-state index in [1.807, 2.05) is 4.72 Å². The first kappa shape index (κ1) is 6.87. The predicted octanol–water partition coefficient (Wildman–Crippen LogP) is -1.78. The minimum absolute atomic E-state index is 0.721. The lowest BCUT2D eigenvalue weighted by Gasteiger charge is -1.95. The molecule has 0 aliphatic heterocycles. The molecule has 0 amide bonds. The molecule has 0 aromatic carbocycles. The fourth-order valence-electron chi connectivity index (χ4n) is 0.135. The third kappa shape index (κ3) is 5.87. The van der Waals surface area contributed by atoms with Gasteiger partial charge in [-0.2, -0.15) is 0 Å².